The fraction of sp³-hybridized carbons (Fsp3) is 0.939. The van der Waals surface area contributed by atoms with Crippen LogP contribution < -0.4 is 0 Å². The lowest BCUT2D eigenvalue weighted by atomic mass is 9.96. The molecule has 5 rings (SSSR count). The van der Waals surface area contributed by atoms with Crippen molar-refractivity contribution in [2.24, 2.45) is 0 Å². The van der Waals surface area contributed by atoms with Crippen LogP contribution in [-0.4, -0.2) is 275 Å². The van der Waals surface area contributed by atoms with Crippen molar-refractivity contribution in [3.63, 3.8) is 0 Å². The molecular formula is C33H56O26. The van der Waals surface area contributed by atoms with Crippen molar-refractivity contribution in [2.75, 3.05) is 39.6 Å². The van der Waals surface area contributed by atoms with Crippen LogP contribution in [0.4, 0.5) is 0 Å². The van der Waals surface area contributed by atoms with E-state index in [4.69, 9.17) is 47.4 Å². The van der Waals surface area contributed by atoms with Gasteiger partial charge in [-0.05, 0) is 0 Å². The Morgan fingerprint density at radius 3 is 1.07 bits per heavy atom. The standard InChI is InChI=1S/C33H56O26/c1-2-3-50-31-26(59-33-28(22(46)17(41)12(7-37)55-33)58-30-25(49)20(44)15(39)10(5-35)53-30)23(47)18(42)13(56-31)8-51-32-27(21(45)16(40)11(6-36)54-32)57-29-24(48)19(43)14(38)9(4-34)52-29/h2,9-49H,1,3-8H2/t9-,10-,11-,12-,13-,14-,15-,16-,17-,18-,19+,20+,21+,22+,23+,24+,25+,26+,27+,28+,29-,30-,31+,32+,33-/m1/s1. The molecule has 0 unspecified atom stereocenters. The van der Waals surface area contributed by atoms with Gasteiger partial charge in [0.25, 0.3) is 0 Å². The van der Waals surface area contributed by atoms with E-state index < -0.39 is 187 Å². The largest absolute Gasteiger partial charge is 0.394 e. The van der Waals surface area contributed by atoms with Gasteiger partial charge in [-0.2, -0.15) is 0 Å². The number of hydrogen-bond acceptors (Lipinski definition) is 26. The van der Waals surface area contributed by atoms with Gasteiger partial charge in [0.1, 0.15) is 122 Å². The molecule has 5 aliphatic rings. The summed E-state index contributed by atoms with van der Waals surface area (Å²) in [5, 5.41) is 167. The highest BCUT2D eigenvalue weighted by atomic mass is 16.8. The minimum atomic E-state index is -2.01. The van der Waals surface area contributed by atoms with Crippen LogP contribution in [0, 0.1) is 0 Å². The molecule has 0 aromatic carbocycles. The van der Waals surface area contributed by atoms with Crippen molar-refractivity contribution < 1.29 is 129 Å². The summed E-state index contributed by atoms with van der Waals surface area (Å²) in [6, 6.07) is 0. The highest BCUT2D eigenvalue weighted by Crippen LogP contribution is 2.35. The summed E-state index contributed by atoms with van der Waals surface area (Å²) < 4.78 is 56.4. The van der Waals surface area contributed by atoms with Crippen LogP contribution in [0.1, 0.15) is 0 Å². The highest BCUT2D eigenvalue weighted by molar-refractivity contribution is 4.98. The first-order valence-corrected chi connectivity index (χ1v) is 18.7. The second kappa shape index (κ2) is 21.4. The van der Waals surface area contributed by atoms with E-state index in [-0.39, 0.29) is 6.61 Å². The number of rotatable bonds is 16. The molecule has 5 heterocycles. The van der Waals surface area contributed by atoms with Gasteiger partial charge in [0, 0.05) is 0 Å². The molecule has 5 saturated heterocycles. The molecule has 0 aromatic heterocycles. The number of aliphatic hydroxyl groups excluding tert-OH is 16. The Labute approximate surface area is 335 Å². The molecule has 0 amide bonds. The van der Waals surface area contributed by atoms with Gasteiger partial charge >= 0.3 is 0 Å². The molecule has 0 aliphatic carbocycles. The maximum absolute atomic E-state index is 11.4. The molecule has 0 spiro atoms. The summed E-state index contributed by atoms with van der Waals surface area (Å²) >= 11 is 0. The van der Waals surface area contributed by atoms with Gasteiger partial charge < -0.3 is 129 Å². The summed E-state index contributed by atoms with van der Waals surface area (Å²) in [4.78, 5) is 0. The van der Waals surface area contributed by atoms with Gasteiger partial charge in [0.05, 0.1) is 39.6 Å². The van der Waals surface area contributed by atoms with E-state index in [2.05, 4.69) is 6.58 Å². The molecule has 25 atom stereocenters. The smallest absolute Gasteiger partial charge is 0.187 e. The lowest BCUT2D eigenvalue weighted by Gasteiger charge is -2.49. The lowest BCUT2D eigenvalue weighted by Crippen LogP contribution is -2.67. The van der Waals surface area contributed by atoms with Crippen LogP contribution >= 0.6 is 0 Å². The summed E-state index contributed by atoms with van der Waals surface area (Å²) in [7, 11) is 0. The van der Waals surface area contributed by atoms with Gasteiger partial charge in [0.15, 0.2) is 31.5 Å². The molecule has 26 nitrogen and oxygen atoms in total. The zero-order chi connectivity index (χ0) is 43.5. The second-order valence-electron chi connectivity index (χ2n) is 14.6. The van der Waals surface area contributed by atoms with Crippen molar-refractivity contribution in [2.45, 2.75) is 154 Å². The minimum absolute atomic E-state index is 0.277. The van der Waals surface area contributed by atoms with Crippen molar-refractivity contribution in [3.05, 3.63) is 12.7 Å². The van der Waals surface area contributed by atoms with Crippen molar-refractivity contribution in [1.82, 2.24) is 0 Å². The number of ether oxygens (including phenoxy) is 10. The molecular weight excluding hydrogens is 812 g/mol. The molecule has 0 saturated carbocycles. The van der Waals surface area contributed by atoms with Gasteiger partial charge in [-0.25, -0.2) is 0 Å². The zero-order valence-electron chi connectivity index (χ0n) is 31.2. The Morgan fingerprint density at radius 2 is 0.661 bits per heavy atom. The van der Waals surface area contributed by atoms with Crippen molar-refractivity contribution >= 4 is 0 Å². The van der Waals surface area contributed by atoms with E-state index >= 15 is 0 Å². The first-order chi connectivity index (χ1) is 28.0. The Kier molecular flexibility index (Phi) is 17.7. The normalized spacial score (nSPS) is 51.0. The fourth-order valence-corrected chi connectivity index (χ4v) is 7.14. The monoisotopic (exact) mass is 868 g/mol. The third-order valence-electron chi connectivity index (χ3n) is 10.7. The fourth-order valence-electron chi connectivity index (χ4n) is 7.14. The molecule has 0 aromatic rings. The Hall–Kier alpha value is -1.30. The van der Waals surface area contributed by atoms with E-state index in [1.165, 1.54) is 6.08 Å². The van der Waals surface area contributed by atoms with Crippen LogP contribution in [0.3, 0.4) is 0 Å². The first kappa shape index (κ1) is 48.7. The summed E-state index contributed by atoms with van der Waals surface area (Å²) in [5.41, 5.74) is 0. The van der Waals surface area contributed by atoms with Crippen LogP contribution in [0.2, 0.25) is 0 Å². The Morgan fingerprint density at radius 1 is 0.356 bits per heavy atom. The maximum atomic E-state index is 11.4. The quantitative estimate of drug-likeness (QED) is 0.0640. The summed E-state index contributed by atoms with van der Waals surface area (Å²) in [6.45, 7) is -0.897. The maximum Gasteiger partial charge on any atom is 0.187 e. The molecule has 16 N–H and O–H groups in total. The predicted molar refractivity (Wildman–Crippen MR) is 180 cm³/mol. The molecule has 0 bridgehead atoms. The van der Waals surface area contributed by atoms with E-state index in [1.54, 1.807) is 0 Å². The molecule has 344 valence electrons. The van der Waals surface area contributed by atoms with Crippen LogP contribution in [-0.2, 0) is 47.4 Å². The molecule has 0 radical (unpaired) electrons. The third kappa shape index (κ3) is 10.4. The molecule has 26 heteroatoms. The molecule has 59 heavy (non-hydrogen) atoms. The number of aliphatic hydroxyl groups is 16. The third-order valence-corrected chi connectivity index (χ3v) is 10.7. The minimum Gasteiger partial charge on any atom is -0.394 e. The summed E-state index contributed by atoms with van der Waals surface area (Å²) in [6.07, 6.45) is -43.7. The first-order valence-electron chi connectivity index (χ1n) is 18.7. The van der Waals surface area contributed by atoms with Crippen LogP contribution in [0.15, 0.2) is 12.7 Å². The van der Waals surface area contributed by atoms with Crippen molar-refractivity contribution in [3.8, 4) is 0 Å². The predicted octanol–water partition coefficient (Wildman–Crippen LogP) is -10.7. The average molecular weight is 869 g/mol. The second-order valence-corrected chi connectivity index (χ2v) is 14.6. The topological polar surface area (TPSA) is 416 Å². The van der Waals surface area contributed by atoms with Gasteiger partial charge in [-0.15, -0.1) is 6.58 Å². The average Bonchev–Trinajstić information content (AvgIpc) is 3.23. The SMILES string of the molecule is C=CCO[C@H]1O[C@H](CO[C@H]2O[C@H](CO)[C@@H](O)[C@H](O)[C@@H]2O[C@H]2O[C@H](CO)[C@@H](O)[C@H](O)[C@@H]2O)[C@@H](O)[C@H](O)[C@@H]1O[C@H]1O[C@H](CO)[C@@H](O)[C@H](O)[C@@H]1O[C@H]1O[C@H](CO)[C@@H](O)[C@H](O)[C@@H]1O. The number of hydrogen-bond donors (Lipinski definition) is 16. The summed E-state index contributed by atoms with van der Waals surface area (Å²) in [5.74, 6) is 0. The van der Waals surface area contributed by atoms with Gasteiger partial charge in [0.2, 0.25) is 0 Å². The van der Waals surface area contributed by atoms with Crippen LogP contribution in [0.25, 0.3) is 0 Å². The zero-order valence-corrected chi connectivity index (χ0v) is 31.2. The Balaban J connectivity index is 1.33. The molecule has 5 aliphatic heterocycles. The van der Waals surface area contributed by atoms with Crippen LogP contribution in [0.5, 0.6) is 0 Å². The molecule has 5 fully saturated rings. The van der Waals surface area contributed by atoms with Gasteiger partial charge in [-0.3, -0.25) is 0 Å². The van der Waals surface area contributed by atoms with E-state index in [0.717, 1.165) is 0 Å². The highest BCUT2D eigenvalue weighted by Gasteiger charge is 2.56. The van der Waals surface area contributed by atoms with Crippen molar-refractivity contribution in [1.29, 1.82) is 0 Å². The van der Waals surface area contributed by atoms with E-state index in [9.17, 15) is 81.7 Å². The van der Waals surface area contributed by atoms with E-state index in [0.29, 0.717) is 0 Å². The lowest BCUT2D eigenvalue weighted by molar-refractivity contribution is -0.396. The van der Waals surface area contributed by atoms with Gasteiger partial charge in [-0.1, -0.05) is 6.08 Å². The Bertz CT molecular complexity index is 1280. The van der Waals surface area contributed by atoms with E-state index in [1.807, 2.05) is 0 Å².